The lowest BCUT2D eigenvalue weighted by molar-refractivity contribution is -0.123. The smallest absolute Gasteiger partial charge is 0.408 e. The van der Waals surface area contributed by atoms with E-state index in [1.54, 1.807) is 65.8 Å². The molecule has 0 saturated carbocycles. The first kappa shape index (κ1) is 39.7. The van der Waals surface area contributed by atoms with E-state index in [0.29, 0.717) is 13.1 Å². The molecule has 0 aliphatic carbocycles. The van der Waals surface area contributed by atoms with Gasteiger partial charge in [-0.05, 0) is 89.8 Å². The van der Waals surface area contributed by atoms with Gasteiger partial charge in [-0.15, -0.1) is 0 Å². The van der Waals surface area contributed by atoms with Crippen LogP contribution in [0.2, 0.25) is 0 Å². The number of ether oxygens (including phenoxy) is 2. The zero-order valence-electron chi connectivity index (χ0n) is 29.2. The standard InChI is InChI=1S/C36H54N4O8/c1-35(2,3)47-33(45)39-29(23-25-13-17-27(41)18-14-25)31(43)37-21-11-9-7-8-10-12-22-38-32(44)30(40-34(46)48-36(4,5)6)24-26-15-19-28(42)20-16-26/h13-20,29-30,41-42H,7-12,21-24H2,1-6H3,(H,37,43)(H,38,44)(H,39,45)(H,40,46)/t29-,30-/m0/s1. The third kappa shape index (κ3) is 17.4. The van der Waals surface area contributed by atoms with Gasteiger partial charge in [0.15, 0.2) is 0 Å². The lowest BCUT2D eigenvalue weighted by Gasteiger charge is -2.23. The number of benzene rings is 2. The molecule has 2 atom stereocenters. The number of phenolic OH excluding ortho intramolecular Hbond substituents is 2. The van der Waals surface area contributed by atoms with Crippen LogP contribution in [0.1, 0.15) is 91.2 Å². The molecule has 2 aromatic carbocycles. The summed E-state index contributed by atoms with van der Waals surface area (Å²) in [6, 6.07) is 11.3. The fraction of sp³-hybridized carbons (Fsp3) is 0.556. The van der Waals surface area contributed by atoms with Crippen molar-refractivity contribution in [3.63, 3.8) is 0 Å². The van der Waals surface area contributed by atoms with Crippen LogP contribution >= 0.6 is 0 Å². The Kier molecular flexibility index (Phi) is 16.0. The molecule has 0 aliphatic rings. The van der Waals surface area contributed by atoms with Crippen molar-refractivity contribution < 1.29 is 38.9 Å². The summed E-state index contributed by atoms with van der Waals surface area (Å²) in [5.74, 6) is -0.385. The molecule has 0 fully saturated rings. The van der Waals surface area contributed by atoms with E-state index in [2.05, 4.69) is 21.3 Å². The van der Waals surface area contributed by atoms with Crippen LogP contribution < -0.4 is 21.3 Å². The number of phenols is 2. The van der Waals surface area contributed by atoms with Crippen LogP contribution in [0.4, 0.5) is 9.59 Å². The number of aromatic hydroxyl groups is 2. The van der Waals surface area contributed by atoms with Crippen LogP contribution in [0.3, 0.4) is 0 Å². The van der Waals surface area contributed by atoms with E-state index >= 15 is 0 Å². The molecule has 6 N–H and O–H groups in total. The van der Waals surface area contributed by atoms with Crippen LogP contribution in [0.15, 0.2) is 48.5 Å². The van der Waals surface area contributed by atoms with Crippen LogP contribution in [0.5, 0.6) is 11.5 Å². The summed E-state index contributed by atoms with van der Waals surface area (Å²) < 4.78 is 10.7. The number of hydrogen-bond acceptors (Lipinski definition) is 8. The molecule has 4 amide bonds. The molecule has 12 heteroatoms. The van der Waals surface area contributed by atoms with E-state index < -0.39 is 35.5 Å². The monoisotopic (exact) mass is 670 g/mol. The summed E-state index contributed by atoms with van der Waals surface area (Å²) in [4.78, 5) is 50.7. The quantitative estimate of drug-likeness (QED) is 0.124. The van der Waals surface area contributed by atoms with Crippen molar-refractivity contribution in [2.24, 2.45) is 0 Å². The highest BCUT2D eigenvalue weighted by Gasteiger charge is 2.26. The first-order valence-corrected chi connectivity index (χ1v) is 16.6. The highest BCUT2D eigenvalue weighted by atomic mass is 16.6. The van der Waals surface area contributed by atoms with E-state index in [0.717, 1.165) is 49.7 Å². The fourth-order valence-corrected chi connectivity index (χ4v) is 4.68. The lowest BCUT2D eigenvalue weighted by atomic mass is 10.0. The average molecular weight is 671 g/mol. The molecule has 2 aromatic rings. The Balaban J connectivity index is 1.71. The largest absolute Gasteiger partial charge is 0.508 e. The van der Waals surface area contributed by atoms with Gasteiger partial charge in [0.25, 0.3) is 0 Å². The summed E-state index contributed by atoms with van der Waals surface area (Å²) in [6.45, 7) is 11.4. The molecule has 2 rings (SSSR count). The molecule has 0 radical (unpaired) electrons. The third-order valence-corrected chi connectivity index (χ3v) is 6.97. The minimum absolute atomic E-state index is 0.118. The molecular weight excluding hydrogens is 616 g/mol. The lowest BCUT2D eigenvalue weighted by Crippen LogP contribution is -2.49. The maximum absolute atomic E-state index is 13.0. The van der Waals surface area contributed by atoms with Crippen LogP contribution in [-0.4, -0.2) is 70.6 Å². The molecule has 12 nitrogen and oxygen atoms in total. The number of nitrogens with one attached hydrogen (secondary N) is 4. The van der Waals surface area contributed by atoms with Crippen LogP contribution in [-0.2, 0) is 31.9 Å². The summed E-state index contributed by atoms with van der Waals surface area (Å²) in [5, 5.41) is 30.3. The van der Waals surface area contributed by atoms with Gasteiger partial charge in [-0.3, -0.25) is 9.59 Å². The summed E-state index contributed by atoms with van der Waals surface area (Å²) in [7, 11) is 0. The van der Waals surface area contributed by atoms with E-state index in [4.69, 9.17) is 9.47 Å². The first-order valence-electron chi connectivity index (χ1n) is 16.6. The number of alkyl carbamates (subject to hydrolysis) is 2. The molecule has 0 aromatic heterocycles. The van der Waals surface area contributed by atoms with Gasteiger partial charge in [0.05, 0.1) is 0 Å². The van der Waals surface area contributed by atoms with Crippen molar-refractivity contribution in [2.45, 2.75) is 116 Å². The Labute approximate surface area is 284 Å². The predicted octanol–water partition coefficient (Wildman–Crippen LogP) is 5.24. The zero-order valence-corrected chi connectivity index (χ0v) is 29.2. The molecule has 0 saturated heterocycles. The fourth-order valence-electron chi connectivity index (χ4n) is 4.68. The second-order valence-electron chi connectivity index (χ2n) is 13.8. The number of unbranched alkanes of at least 4 members (excludes halogenated alkanes) is 5. The minimum Gasteiger partial charge on any atom is -0.508 e. The van der Waals surface area contributed by atoms with Crippen LogP contribution in [0, 0.1) is 0 Å². The zero-order chi connectivity index (χ0) is 35.7. The van der Waals surface area contributed by atoms with Gasteiger partial charge in [0.1, 0.15) is 34.8 Å². The Morgan fingerprint density at radius 3 is 1.19 bits per heavy atom. The van der Waals surface area contributed by atoms with Crippen molar-refractivity contribution in [1.82, 2.24) is 21.3 Å². The van der Waals surface area contributed by atoms with Gasteiger partial charge in [0, 0.05) is 25.9 Å². The van der Waals surface area contributed by atoms with Crippen molar-refractivity contribution in [3.05, 3.63) is 59.7 Å². The van der Waals surface area contributed by atoms with Gasteiger partial charge in [0.2, 0.25) is 11.8 Å². The number of carbonyl (C=O) groups excluding carboxylic acids is 4. The van der Waals surface area contributed by atoms with Gasteiger partial charge in [-0.25, -0.2) is 9.59 Å². The maximum atomic E-state index is 13.0. The summed E-state index contributed by atoms with van der Waals surface area (Å²) in [6.07, 6.45) is 4.42. The molecule has 0 heterocycles. The number of amides is 4. The van der Waals surface area contributed by atoms with E-state index in [9.17, 15) is 29.4 Å². The summed E-state index contributed by atoms with van der Waals surface area (Å²) in [5.41, 5.74) is 0.163. The first-order chi connectivity index (χ1) is 22.5. The Hall–Kier alpha value is -4.48. The second-order valence-corrected chi connectivity index (χ2v) is 13.8. The summed E-state index contributed by atoms with van der Waals surface area (Å²) >= 11 is 0. The molecule has 0 spiro atoms. The molecule has 0 unspecified atom stereocenters. The second kappa shape index (κ2) is 19.4. The Bertz CT molecular complexity index is 1200. The average Bonchev–Trinajstić information content (AvgIpc) is 2.97. The molecule has 0 bridgehead atoms. The van der Waals surface area contributed by atoms with Crippen molar-refractivity contribution >= 4 is 24.0 Å². The van der Waals surface area contributed by atoms with Crippen molar-refractivity contribution in [1.29, 1.82) is 0 Å². The van der Waals surface area contributed by atoms with E-state index in [1.807, 2.05) is 0 Å². The van der Waals surface area contributed by atoms with E-state index in [1.165, 1.54) is 24.3 Å². The molecule has 48 heavy (non-hydrogen) atoms. The number of rotatable bonds is 17. The van der Waals surface area contributed by atoms with Gasteiger partial charge in [-0.1, -0.05) is 49.9 Å². The topological polar surface area (TPSA) is 175 Å². The Morgan fingerprint density at radius 1 is 0.562 bits per heavy atom. The maximum Gasteiger partial charge on any atom is 0.408 e. The van der Waals surface area contributed by atoms with Gasteiger partial charge >= 0.3 is 12.2 Å². The number of hydrogen-bond donors (Lipinski definition) is 6. The molecule has 0 aliphatic heterocycles. The third-order valence-electron chi connectivity index (χ3n) is 6.97. The van der Waals surface area contributed by atoms with Crippen LogP contribution in [0.25, 0.3) is 0 Å². The highest BCUT2D eigenvalue weighted by molar-refractivity contribution is 5.86. The van der Waals surface area contributed by atoms with Gasteiger partial charge < -0.3 is 41.0 Å². The van der Waals surface area contributed by atoms with Gasteiger partial charge in [-0.2, -0.15) is 0 Å². The van der Waals surface area contributed by atoms with Crippen molar-refractivity contribution in [3.8, 4) is 11.5 Å². The predicted molar refractivity (Wildman–Crippen MR) is 184 cm³/mol. The van der Waals surface area contributed by atoms with E-state index in [-0.39, 0.29) is 36.2 Å². The molecular formula is C36H54N4O8. The minimum atomic E-state index is -0.834. The van der Waals surface area contributed by atoms with Crippen molar-refractivity contribution in [2.75, 3.05) is 13.1 Å². The Morgan fingerprint density at radius 2 is 0.875 bits per heavy atom. The molecule has 266 valence electrons. The normalized spacial score (nSPS) is 12.7. The SMILES string of the molecule is CC(C)(C)OC(=O)N[C@@H](Cc1ccc(O)cc1)C(=O)NCCCCCCCCNC(=O)[C@H](Cc1ccc(O)cc1)NC(=O)OC(C)(C)C. The number of carbonyl (C=O) groups is 4. The highest BCUT2D eigenvalue weighted by Crippen LogP contribution is 2.14.